The van der Waals surface area contributed by atoms with Gasteiger partial charge in [0.25, 0.3) is 0 Å². The number of benzene rings is 1. The molecule has 3 N–H and O–H groups in total. The van der Waals surface area contributed by atoms with Gasteiger partial charge in [-0.3, -0.25) is 4.79 Å². The maximum absolute atomic E-state index is 13.6. The van der Waals surface area contributed by atoms with Crippen molar-refractivity contribution < 1.29 is 9.18 Å². The molecule has 19 heavy (non-hydrogen) atoms. The maximum Gasteiger partial charge on any atom is 0.229 e. The summed E-state index contributed by atoms with van der Waals surface area (Å²) in [6.07, 6.45) is 3.19. The third-order valence-corrected chi connectivity index (χ3v) is 4.70. The normalized spacial score (nSPS) is 32.6. The fourth-order valence-corrected chi connectivity index (χ4v) is 3.71. The quantitative estimate of drug-likeness (QED) is 0.876. The zero-order valence-electron chi connectivity index (χ0n) is 10.4. The number of carbonyl (C=O) groups is 1. The number of nitrogens with two attached hydrogens (primary N) is 1. The van der Waals surface area contributed by atoms with E-state index in [0.29, 0.717) is 16.9 Å². The Morgan fingerprint density at radius 2 is 2.11 bits per heavy atom. The molecule has 2 aliphatic rings. The van der Waals surface area contributed by atoms with Gasteiger partial charge in [0.15, 0.2) is 0 Å². The van der Waals surface area contributed by atoms with Gasteiger partial charge in [-0.05, 0) is 49.3 Å². The topological polar surface area (TPSA) is 55.1 Å². The van der Waals surface area contributed by atoms with Crippen molar-refractivity contribution >= 4 is 23.2 Å². The summed E-state index contributed by atoms with van der Waals surface area (Å²) in [5.74, 6) is -0.0559. The fraction of sp³-hybridized carbons (Fsp3) is 0.500. The Kier molecular flexibility index (Phi) is 3.23. The molecule has 4 atom stereocenters. The molecule has 4 unspecified atom stereocenters. The van der Waals surface area contributed by atoms with E-state index in [1.807, 2.05) is 0 Å². The largest absolute Gasteiger partial charge is 0.327 e. The average molecular weight is 283 g/mol. The summed E-state index contributed by atoms with van der Waals surface area (Å²) >= 11 is 5.81. The van der Waals surface area contributed by atoms with E-state index in [0.717, 1.165) is 19.3 Å². The monoisotopic (exact) mass is 282 g/mol. The molecule has 1 aromatic rings. The van der Waals surface area contributed by atoms with Gasteiger partial charge in [0.05, 0.1) is 11.6 Å². The lowest BCUT2D eigenvalue weighted by Gasteiger charge is -2.27. The Morgan fingerprint density at radius 1 is 1.37 bits per heavy atom. The lowest BCUT2D eigenvalue weighted by molar-refractivity contribution is -0.121. The Labute approximate surface area is 116 Å². The van der Waals surface area contributed by atoms with E-state index in [1.54, 1.807) is 0 Å². The molecule has 0 heterocycles. The van der Waals surface area contributed by atoms with Crippen molar-refractivity contribution in [3.05, 3.63) is 29.0 Å². The molecule has 0 radical (unpaired) electrons. The molecular formula is C14H16ClFN2O. The lowest BCUT2D eigenvalue weighted by atomic mass is 9.84. The minimum atomic E-state index is -0.477. The first-order chi connectivity index (χ1) is 9.06. The molecule has 2 bridgehead atoms. The molecule has 1 amide bonds. The number of hydrogen-bond donors (Lipinski definition) is 2. The summed E-state index contributed by atoms with van der Waals surface area (Å²) < 4.78 is 13.6. The predicted octanol–water partition coefficient (Wildman–Crippen LogP) is 2.79. The summed E-state index contributed by atoms with van der Waals surface area (Å²) in [4.78, 5) is 12.3. The van der Waals surface area contributed by atoms with E-state index in [4.69, 9.17) is 17.3 Å². The molecule has 102 valence electrons. The van der Waals surface area contributed by atoms with E-state index in [-0.39, 0.29) is 23.6 Å². The highest BCUT2D eigenvalue weighted by molar-refractivity contribution is 6.30. The van der Waals surface area contributed by atoms with Gasteiger partial charge in [-0.1, -0.05) is 11.6 Å². The summed E-state index contributed by atoms with van der Waals surface area (Å²) in [5, 5.41) is 3.03. The van der Waals surface area contributed by atoms with Crippen molar-refractivity contribution in [3.8, 4) is 0 Å². The van der Waals surface area contributed by atoms with Gasteiger partial charge in [0.1, 0.15) is 5.82 Å². The van der Waals surface area contributed by atoms with Crippen LogP contribution >= 0.6 is 11.6 Å². The number of carbonyl (C=O) groups excluding carboxylic acids is 1. The first-order valence-corrected chi connectivity index (χ1v) is 6.95. The standard InChI is InChI=1S/C14H16ClFN2O/c15-9-3-4-10(16)11(6-9)18-14(19)12-7-1-2-8(5-7)13(12)17/h3-4,6-8,12-13H,1-2,5,17H2,(H,18,19). The molecular weight excluding hydrogens is 267 g/mol. The third kappa shape index (κ3) is 2.23. The molecule has 0 aliphatic heterocycles. The molecule has 1 aromatic carbocycles. The summed E-state index contributed by atoms with van der Waals surface area (Å²) in [6.45, 7) is 0. The molecule has 0 aromatic heterocycles. The molecule has 5 heteroatoms. The minimum Gasteiger partial charge on any atom is -0.327 e. The number of anilines is 1. The van der Waals surface area contributed by atoms with Crippen LogP contribution in [-0.4, -0.2) is 11.9 Å². The van der Waals surface area contributed by atoms with Gasteiger partial charge in [-0.2, -0.15) is 0 Å². The number of rotatable bonds is 2. The average Bonchev–Trinajstić information content (AvgIpc) is 2.94. The molecule has 0 saturated heterocycles. The van der Waals surface area contributed by atoms with Crippen molar-refractivity contribution in [3.63, 3.8) is 0 Å². The third-order valence-electron chi connectivity index (χ3n) is 4.47. The number of halogens is 2. The van der Waals surface area contributed by atoms with Crippen molar-refractivity contribution in [1.29, 1.82) is 0 Å². The zero-order valence-corrected chi connectivity index (χ0v) is 11.2. The van der Waals surface area contributed by atoms with Crippen LogP contribution in [-0.2, 0) is 4.79 Å². The molecule has 3 rings (SSSR count). The number of fused-ring (bicyclic) bond motifs is 2. The highest BCUT2D eigenvalue weighted by Crippen LogP contribution is 2.47. The second kappa shape index (κ2) is 4.76. The van der Waals surface area contributed by atoms with Gasteiger partial charge in [0, 0.05) is 11.1 Å². The Morgan fingerprint density at radius 3 is 2.79 bits per heavy atom. The van der Waals surface area contributed by atoms with Gasteiger partial charge in [-0.25, -0.2) is 4.39 Å². The van der Waals surface area contributed by atoms with Crippen molar-refractivity contribution in [2.45, 2.75) is 25.3 Å². The number of nitrogens with one attached hydrogen (secondary N) is 1. The summed E-state index contributed by atoms with van der Waals surface area (Å²) in [7, 11) is 0. The molecule has 3 nitrogen and oxygen atoms in total. The highest BCUT2D eigenvalue weighted by Gasteiger charge is 2.49. The SMILES string of the molecule is NC1C2CCC(C2)C1C(=O)Nc1cc(Cl)ccc1F. The van der Waals surface area contributed by atoms with E-state index in [1.165, 1.54) is 18.2 Å². The van der Waals surface area contributed by atoms with E-state index < -0.39 is 5.82 Å². The van der Waals surface area contributed by atoms with Crippen LogP contribution in [0.1, 0.15) is 19.3 Å². The van der Waals surface area contributed by atoms with E-state index in [9.17, 15) is 9.18 Å². The zero-order chi connectivity index (χ0) is 13.6. The van der Waals surface area contributed by atoms with Gasteiger partial charge in [0.2, 0.25) is 5.91 Å². The van der Waals surface area contributed by atoms with E-state index >= 15 is 0 Å². The van der Waals surface area contributed by atoms with Crippen LogP contribution in [0.2, 0.25) is 5.02 Å². The maximum atomic E-state index is 13.6. The highest BCUT2D eigenvalue weighted by atomic mass is 35.5. The number of amides is 1. The number of hydrogen-bond acceptors (Lipinski definition) is 2. The Balaban J connectivity index is 1.77. The molecule has 2 fully saturated rings. The Hall–Kier alpha value is -1.13. The van der Waals surface area contributed by atoms with E-state index in [2.05, 4.69) is 5.32 Å². The van der Waals surface area contributed by atoms with Crippen LogP contribution in [0.3, 0.4) is 0 Å². The van der Waals surface area contributed by atoms with Gasteiger partial charge >= 0.3 is 0 Å². The van der Waals surface area contributed by atoms with Crippen LogP contribution in [0.15, 0.2) is 18.2 Å². The fourth-order valence-electron chi connectivity index (χ4n) is 3.53. The Bertz CT molecular complexity index is 520. The van der Waals surface area contributed by atoms with Crippen LogP contribution in [0.4, 0.5) is 10.1 Å². The van der Waals surface area contributed by atoms with Crippen molar-refractivity contribution in [2.24, 2.45) is 23.5 Å². The summed E-state index contributed by atoms with van der Waals surface area (Å²) in [5.41, 5.74) is 6.24. The minimum absolute atomic E-state index is 0.0963. The van der Waals surface area contributed by atoms with Crippen LogP contribution in [0.25, 0.3) is 0 Å². The lowest BCUT2D eigenvalue weighted by Crippen LogP contribution is -2.42. The second-order valence-corrected chi connectivity index (χ2v) is 5.99. The van der Waals surface area contributed by atoms with Crippen LogP contribution < -0.4 is 11.1 Å². The van der Waals surface area contributed by atoms with Crippen LogP contribution in [0, 0.1) is 23.6 Å². The van der Waals surface area contributed by atoms with Gasteiger partial charge < -0.3 is 11.1 Å². The smallest absolute Gasteiger partial charge is 0.229 e. The summed E-state index contributed by atoms with van der Waals surface area (Å²) in [6, 6.07) is 4.03. The first-order valence-electron chi connectivity index (χ1n) is 6.58. The molecule has 0 spiro atoms. The van der Waals surface area contributed by atoms with Crippen molar-refractivity contribution in [2.75, 3.05) is 5.32 Å². The molecule has 2 aliphatic carbocycles. The first kappa shape index (κ1) is 12.9. The predicted molar refractivity (Wildman–Crippen MR) is 72.3 cm³/mol. The van der Waals surface area contributed by atoms with Crippen LogP contribution in [0.5, 0.6) is 0 Å². The van der Waals surface area contributed by atoms with Gasteiger partial charge in [-0.15, -0.1) is 0 Å². The molecule has 2 saturated carbocycles. The second-order valence-electron chi connectivity index (χ2n) is 5.55. The van der Waals surface area contributed by atoms with Crippen molar-refractivity contribution in [1.82, 2.24) is 0 Å².